The molecule has 0 atom stereocenters. The third-order valence-corrected chi connectivity index (χ3v) is 5.11. The minimum absolute atomic E-state index is 0.00343. The average molecular weight is 344 g/mol. The summed E-state index contributed by atoms with van der Waals surface area (Å²) in [4.78, 5) is 14.7. The van der Waals surface area contributed by atoms with Gasteiger partial charge in [0, 0.05) is 38.7 Å². The molecular formula is C19H21FN2O3. The molecule has 0 aliphatic carbocycles. The Hall–Kier alpha value is -2.18. The molecular weight excluding hydrogens is 323 g/mol. The SMILES string of the molecule is Cn1c(C(=O)N2CCC3(CC2)OCCO3)ccc1-c1ccc(F)cc1. The number of carbonyl (C=O) groups excluding carboxylic acids is 1. The molecule has 0 N–H and O–H groups in total. The second-order valence-electron chi connectivity index (χ2n) is 6.57. The lowest BCUT2D eigenvalue weighted by molar-refractivity contribution is -0.181. The highest BCUT2D eigenvalue weighted by atomic mass is 19.1. The lowest BCUT2D eigenvalue weighted by atomic mass is 10.0. The Morgan fingerprint density at radius 3 is 2.32 bits per heavy atom. The van der Waals surface area contributed by atoms with Crippen LogP contribution in [0.15, 0.2) is 36.4 Å². The molecule has 1 spiro atoms. The third kappa shape index (κ3) is 2.96. The summed E-state index contributed by atoms with van der Waals surface area (Å²) in [6, 6.07) is 10.0. The number of aromatic nitrogens is 1. The zero-order valence-corrected chi connectivity index (χ0v) is 14.2. The summed E-state index contributed by atoms with van der Waals surface area (Å²) >= 11 is 0. The molecule has 0 saturated carbocycles. The molecule has 2 aliphatic heterocycles. The van der Waals surface area contributed by atoms with Crippen LogP contribution in [-0.4, -0.2) is 47.5 Å². The van der Waals surface area contributed by atoms with Gasteiger partial charge in [0.2, 0.25) is 0 Å². The van der Waals surface area contributed by atoms with Gasteiger partial charge in [-0.1, -0.05) is 0 Å². The van der Waals surface area contributed by atoms with E-state index in [-0.39, 0.29) is 11.7 Å². The van der Waals surface area contributed by atoms with Crippen LogP contribution >= 0.6 is 0 Å². The van der Waals surface area contributed by atoms with E-state index in [0.29, 0.717) is 44.8 Å². The van der Waals surface area contributed by atoms with Crippen LogP contribution in [-0.2, 0) is 16.5 Å². The number of amides is 1. The standard InChI is InChI=1S/C19H21FN2O3/c1-21-16(14-2-4-15(20)5-3-14)6-7-17(21)18(23)22-10-8-19(9-11-22)24-12-13-25-19/h2-7H,8-13H2,1H3. The number of benzene rings is 1. The molecule has 0 unspecified atom stereocenters. The van der Waals surface area contributed by atoms with Gasteiger partial charge >= 0.3 is 0 Å². The van der Waals surface area contributed by atoms with Crippen LogP contribution in [0, 0.1) is 5.82 Å². The van der Waals surface area contributed by atoms with E-state index in [2.05, 4.69) is 0 Å². The number of carbonyl (C=O) groups is 1. The highest BCUT2D eigenvalue weighted by Crippen LogP contribution is 2.32. The van der Waals surface area contributed by atoms with E-state index < -0.39 is 5.79 Å². The molecule has 6 heteroatoms. The van der Waals surface area contributed by atoms with Crippen molar-refractivity contribution in [3.8, 4) is 11.3 Å². The van der Waals surface area contributed by atoms with Crippen molar-refractivity contribution < 1.29 is 18.7 Å². The number of halogens is 1. The maximum atomic E-state index is 13.1. The Labute approximate surface area is 145 Å². The van der Waals surface area contributed by atoms with Gasteiger partial charge in [-0.05, 0) is 42.0 Å². The first-order chi connectivity index (χ1) is 12.1. The molecule has 2 fully saturated rings. The first-order valence-corrected chi connectivity index (χ1v) is 8.57. The zero-order valence-electron chi connectivity index (χ0n) is 14.2. The Balaban J connectivity index is 1.50. The van der Waals surface area contributed by atoms with Crippen molar-refractivity contribution >= 4 is 5.91 Å². The van der Waals surface area contributed by atoms with Crippen LogP contribution in [0.2, 0.25) is 0 Å². The first-order valence-electron chi connectivity index (χ1n) is 8.57. The fourth-order valence-electron chi connectivity index (χ4n) is 3.63. The third-order valence-electron chi connectivity index (χ3n) is 5.11. The fourth-order valence-corrected chi connectivity index (χ4v) is 3.63. The van der Waals surface area contributed by atoms with Crippen LogP contribution in [0.25, 0.3) is 11.3 Å². The Kier molecular flexibility index (Phi) is 4.09. The van der Waals surface area contributed by atoms with Crippen molar-refractivity contribution in [2.24, 2.45) is 7.05 Å². The number of piperidine rings is 1. The minimum Gasteiger partial charge on any atom is -0.347 e. The van der Waals surface area contributed by atoms with Gasteiger partial charge in [-0.15, -0.1) is 0 Å². The number of ether oxygens (including phenoxy) is 2. The van der Waals surface area contributed by atoms with E-state index in [1.54, 1.807) is 12.1 Å². The van der Waals surface area contributed by atoms with E-state index in [1.165, 1.54) is 12.1 Å². The molecule has 2 aliphatic rings. The summed E-state index contributed by atoms with van der Waals surface area (Å²) in [5, 5.41) is 0. The van der Waals surface area contributed by atoms with E-state index in [9.17, 15) is 9.18 Å². The summed E-state index contributed by atoms with van der Waals surface area (Å²) in [7, 11) is 1.86. The second-order valence-corrected chi connectivity index (χ2v) is 6.57. The minimum atomic E-state index is -0.482. The van der Waals surface area contributed by atoms with Crippen molar-refractivity contribution in [1.82, 2.24) is 9.47 Å². The lowest BCUT2D eigenvalue weighted by Gasteiger charge is -2.37. The quantitative estimate of drug-likeness (QED) is 0.841. The highest BCUT2D eigenvalue weighted by Gasteiger charge is 2.41. The molecule has 2 aromatic rings. The number of likely N-dealkylation sites (tertiary alicyclic amines) is 1. The molecule has 0 radical (unpaired) electrons. The van der Waals surface area contributed by atoms with Gasteiger partial charge in [-0.3, -0.25) is 4.79 Å². The second kappa shape index (κ2) is 6.28. The summed E-state index contributed by atoms with van der Waals surface area (Å²) in [5.74, 6) is -0.749. The Bertz CT molecular complexity index is 768. The van der Waals surface area contributed by atoms with Crippen molar-refractivity contribution in [2.75, 3.05) is 26.3 Å². The highest BCUT2D eigenvalue weighted by molar-refractivity contribution is 5.94. The van der Waals surface area contributed by atoms with Gasteiger partial charge in [0.25, 0.3) is 5.91 Å². The molecule has 1 aromatic carbocycles. The van der Waals surface area contributed by atoms with Crippen LogP contribution < -0.4 is 0 Å². The van der Waals surface area contributed by atoms with Gasteiger partial charge in [0.05, 0.1) is 13.2 Å². The van der Waals surface area contributed by atoms with Gasteiger partial charge in [0.1, 0.15) is 11.5 Å². The van der Waals surface area contributed by atoms with Crippen LogP contribution in [0.3, 0.4) is 0 Å². The summed E-state index contributed by atoms with van der Waals surface area (Å²) in [6.45, 7) is 2.51. The maximum absolute atomic E-state index is 13.1. The smallest absolute Gasteiger partial charge is 0.270 e. The van der Waals surface area contributed by atoms with E-state index >= 15 is 0 Å². The van der Waals surface area contributed by atoms with E-state index in [1.807, 2.05) is 28.6 Å². The van der Waals surface area contributed by atoms with Crippen LogP contribution in [0.5, 0.6) is 0 Å². The van der Waals surface area contributed by atoms with E-state index in [0.717, 1.165) is 11.3 Å². The van der Waals surface area contributed by atoms with Crippen LogP contribution in [0.1, 0.15) is 23.3 Å². The van der Waals surface area contributed by atoms with Gasteiger partial charge in [0.15, 0.2) is 5.79 Å². The number of hydrogen-bond acceptors (Lipinski definition) is 3. The van der Waals surface area contributed by atoms with Crippen molar-refractivity contribution in [1.29, 1.82) is 0 Å². The number of rotatable bonds is 2. The van der Waals surface area contributed by atoms with Gasteiger partial charge < -0.3 is 18.9 Å². The molecule has 25 heavy (non-hydrogen) atoms. The predicted octanol–water partition coefficient (Wildman–Crippen LogP) is 2.81. The first kappa shape index (κ1) is 16.3. The molecule has 3 heterocycles. The van der Waals surface area contributed by atoms with Gasteiger partial charge in [-0.2, -0.15) is 0 Å². The normalized spacial score (nSPS) is 19.5. The number of hydrogen-bond donors (Lipinski definition) is 0. The molecule has 5 nitrogen and oxygen atoms in total. The van der Waals surface area contributed by atoms with Gasteiger partial charge in [-0.25, -0.2) is 4.39 Å². The fraction of sp³-hybridized carbons (Fsp3) is 0.421. The zero-order chi connectivity index (χ0) is 17.4. The average Bonchev–Trinajstić information content (AvgIpc) is 3.23. The van der Waals surface area contributed by atoms with Crippen LogP contribution in [0.4, 0.5) is 4.39 Å². The van der Waals surface area contributed by atoms with Crippen molar-refractivity contribution in [2.45, 2.75) is 18.6 Å². The molecule has 2 saturated heterocycles. The topological polar surface area (TPSA) is 43.7 Å². The van der Waals surface area contributed by atoms with Crippen molar-refractivity contribution in [3.63, 3.8) is 0 Å². The Morgan fingerprint density at radius 1 is 1.04 bits per heavy atom. The summed E-state index contributed by atoms with van der Waals surface area (Å²) in [5.41, 5.74) is 2.40. The largest absolute Gasteiger partial charge is 0.347 e. The molecule has 4 rings (SSSR count). The van der Waals surface area contributed by atoms with E-state index in [4.69, 9.17) is 9.47 Å². The predicted molar refractivity (Wildman–Crippen MR) is 90.6 cm³/mol. The monoisotopic (exact) mass is 344 g/mol. The van der Waals surface area contributed by atoms with Crippen molar-refractivity contribution in [3.05, 3.63) is 47.9 Å². The summed E-state index contributed by atoms with van der Waals surface area (Å²) < 4.78 is 26.4. The molecule has 1 aromatic heterocycles. The molecule has 132 valence electrons. The summed E-state index contributed by atoms with van der Waals surface area (Å²) in [6.07, 6.45) is 1.40. The maximum Gasteiger partial charge on any atom is 0.270 e. The number of nitrogens with zero attached hydrogens (tertiary/aromatic N) is 2. The lowest BCUT2D eigenvalue weighted by Crippen LogP contribution is -2.47. The molecule has 1 amide bonds. The molecule has 0 bridgehead atoms. The Morgan fingerprint density at radius 2 is 1.68 bits per heavy atom.